The number of carbonyl (C=O) groups is 1. The summed E-state index contributed by atoms with van der Waals surface area (Å²) in [5.41, 5.74) is 0. The van der Waals surface area contributed by atoms with Crippen LogP contribution in [0, 0.1) is 5.92 Å². The molecule has 0 fully saturated rings. The summed E-state index contributed by atoms with van der Waals surface area (Å²) in [6, 6.07) is 0. The molecule has 180 valence electrons. The van der Waals surface area contributed by atoms with Gasteiger partial charge in [0.1, 0.15) is 0 Å². The molecule has 0 saturated carbocycles. The molecule has 0 aromatic carbocycles. The standard InChI is InChI=1S/C26H53NO3/c1-3-5-7-9-11-12-14-16-19-25(18-15-13-10-8-6-4-2)24-30-26(29)20-17-21-27-22-23-28/h25,27-28H,3-24H2,1-2H3. The Morgan fingerprint density at radius 1 is 0.733 bits per heavy atom. The highest BCUT2D eigenvalue weighted by molar-refractivity contribution is 5.69. The fourth-order valence-corrected chi connectivity index (χ4v) is 3.94. The van der Waals surface area contributed by atoms with Crippen molar-refractivity contribution in [1.29, 1.82) is 0 Å². The third kappa shape index (κ3) is 22.1. The van der Waals surface area contributed by atoms with E-state index in [9.17, 15) is 4.79 Å². The molecule has 30 heavy (non-hydrogen) atoms. The molecule has 0 amide bonds. The van der Waals surface area contributed by atoms with Crippen LogP contribution in [0.1, 0.15) is 129 Å². The lowest BCUT2D eigenvalue weighted by Gasteiger charge is -2.17. The van der Waals surface area contributed by atoms with Crippen molar-refractivity contribution in [2.45, 2.75) is 129 Å². The molecule has 1 atom stereocenters. The molecule has 0 bridgehead atoms. The highest BCUT2D eigenvalue weighted by atomic mass is 16.5. The highest BCUT2D eigenvalue weighted by Gasteiger charge is 2.12. The zero-order valence-corrected chi connectivity index (χ0v) is 20.4. The number of hydrogen-bond acceptors (Lipinski definition) is 4. The van der Waals surface area contributed by atoms with Gasteiger partial charge in [-0.3, -0.25) is 4.79 Å². The number of aliphatic hydroxyl groups excluding tert-OH is 1. The van der Waals surface area contributed by atoms with Crippen LogP contribution >= 0.6 is 0 Å². The Kier molecular flexibility index (Phi) is 24.2. The SMILES string of the molecule is CCCCCCCCCCC(CCCCCCCC)COC(=O)CCCNCCO. The van der Waals surface area contributed by atoms with Gasteiger partial charge < -0.3 is 15.2 Å². The van der Waals surface area contributed by atoms with E-state index in [4.69, 9.17) is 9.84 Å². The van der Waals surface area contributed by atoms with Crippen LogP contribution in [-0.4, -0.2) is 37.4 Å². The maximum atomic E-state index is 12.0. The van der Waals surface area contributed by atoms with Gasteiger partial charge in [-0.1, -0.05) is 104 Å². The number of aliphatic hydroxyl groups is 1. The molecule has 0 aromatic rings. The van der Waals surface area contributed by atoms with Crippen molar-refractivity contribution in [1.82, 2.24) is 5.32 Å². The maximum Gasteiger partial charge on any atom is 0.305 e. The Morgan fingerprint density at radius 3 is 1.73 bits per heavy atom. The minimum atomic E-state index is -0.0651. The Morgan fingerprint density at radius 2 is 1.23 bits per heavy atom. The van der Waals surface area contributed by atoms with Crippen molar-refractivity contribution in [2.24, 2.45) is 5.92 Å². The van der Waals surface area contributed by atoms with Gasteiger partial charge in [-0.2, -0.15) is 0 Å². The van der Waals surface area contributed by atoms with Crippen LogP contribution in [0.25, 0.3) is 0 Å². The molecule has 0 radical (unpaired) electrons. The van der Waals surface area contributed by atoms with E-state index in [1.807, 2.05) is 0 Å². The third-order valence-corrected chi connectivity index (χ3v) is 5.93. The first-order valence-corrected chi connectivity index (χ1v) is 13.2. The van der Waals surface area contributed by atoms with Gasteiger partial charge >= 0.3 is 5.97 Å². The molecule has 0 heterocycles. The van der Waals surface area contributed by atoms with Crippen LogP contribution in [0.15, 0.2) is 0 Å². The minimum Gasteiger partial charge on any atom is -0.465 e. The molecule has 0 aliphatic rings. The van der Waals surface area contributed by atoms with Gasteiger partial charge in [0.15, 0.2) is 0 Å². The monoisotopic (exact) mass is 427 g/mol. The fourth-order valence-electron chi connectivity index (χ4n) is 3.94. The molecule has 0 spiro atoms. The van der Waals surface area contributed by atoms with Crippen molar-refractivity contribution in [3.8, 4) is 0 Å². The van der Waals surface area contributed by atoms with Crippen molar-refractivity contribution < 1.29 is 14.6 Å². The summed E-state index contributed by atoms with van der Waals surface area (Å²) < 4.78 is 5.61. The number of nitrogens with one attached hydrogen (secondary N) is 1. The Bertz CT molecular complexity index is 349. The van der Waals surface area contributed by atoms with Crippen LogP contribution in [0.4, 0.5) is 0 Å². The predicted molar refractivity (Wildman–Crippen MR) is 129 cm³/mol. The van der Waals surface area contributed by atoms with Crippen LogP contribution < -0.4 is 5.32 Å². The summed E-state index contributed by atoms with van der Waals surface area (Å²) in [7, 11) is 0. The first kappa shape index (κ1) is 29.4. The van der Waals surface area contributed by atoms with Crippen molar-refractivity contribution in [2.75, 3.05) is 26.3 Å². The second-order valence-corrected chi connectivity index (χ2v) is 8.95. The lowest BCUT2D eigenvalue weighted by molar-refractivity contribution is -0.145. The van der Waals surface area contributed by atoms with Crippen LogP contribution in [0.2, 0.25) is 0 Å². The highest BCUT2D eigenvalue weighted by Crippen LogP contribution is 2.20. The quantitative estimate of drug-likeness (QED) is 0.131. The molecule has 0 aromatic heterocycles. The second-order valence-electron chi connectivity index (χ2n) is 8.95. The summed E-state index contributed by atoms with van der Waals surface area (Å²) in [6.45, 7) is 6.63. The molecule has 4 nitrogen and oxygen atoms in total. The van der Waals surface area contributed by atoms with E-state index in [-0.39, 0.29) is 12.6 Å². The zero-order chi connectivity index (χ0) is 22.1. The number of carbonyl (C=O) groups excluding carboxylic acids is 1. The number of ether oxygens (including phenoxy) is 1. The van der Waals surface area contributed by atoms with Gasteiger partial charge in [-0.25, -0.2) is 0 Å². The van der Waals surface area contributed by atoms with E-state index in [1.165, 1.54) is 103 Å². The lowest BCUT2D eigenvalue weighted by Crippen LogP contribution is -2.21. The van der Waals surface area contributed by atoms with Gasteiger partial charge in [-0.05, 0) is 31.7 Å². The lowest BCUT2D eigenvalue weighted by atomic mass is 9.94. The molecule has 4 heteroatoms. The number of hydrogen-bond donors (Lipinski definition) is 2. The molecule has 0 aliphatic heterocycles. The van der Waals surface area contributed by atoms with Crippen molar-refractivity contribution in [3.63, 3.8) is 0 Å². The van der Waals surface area contributed by atoms with E-state index < -0.39 is 0 Å². The van der Waals surface area contributed by atoms with Crippen LogP contribution in [0.5, 0.6) is 0 Å². The van der Waals surface area contributed by atoms with Gasteiger partial charge in [0.05, 0.1) is 13.2 Å². The first-order valence-electron chi connectivity index (χ1n) is 13.2. The third-order valence-electron chi connectivity index (χ3n) is 5.93. The molecule has 0 aliphatic carbocycles. The topological polar surface area (TPSA) is 58.6 Å². The summed E-state index contributed by atoms with van der Waals surface area (Å²) in [5, 5.41) is 11.9. The van der Waals surface area contributed by atoms with E-state index in [0.29, 0.717) is 25.5 Å². The number of rotatable bonds is 24. The van der Waals surface area contributed by atoms with Crippen LogP contribution in [0.3, 0.4) is 0 Å². The van der Waals surface area contributed by atoms with E-state index in [1.54, 1.807) is 0 Å². The molecular formula is C26H53NO3. The van der Waals surface area contributed by atoms with E-state index in [0.717, 1.165) is 13.0 Å². The predicted octanol–water partition coefficient (Wildman–Crippen LogP) is 6.79. The first-order chi connectivity index (χ1) is 14.7. The molecule has 1 unspecified atom stereocenters. The summed E-state index contributed by atoms with van der Waals surface area (Å²) in [4.78, 5) is 12.0. The van der Waals surface area contributed by atoms with Gasteiger partial charge in [0.2, 0.25) is 0 Å². The van der Waals surface area contributed by atoms with Crippen LogP contribution in [-0.2, 0) is 9.53 Å². The van der Waals surface area contributed by atoms with Crippen molar-refractivity contribution >= 4 is 5.97 Å². The van der Waals surface area contributed by atoms with Gasteiger partial charge in [0, 0.05) is 13.0 Å². The van der Waals surface area contributed by atoms with Gasteiger partial charge in [0.25, 0.3) is 0 Å². The number of esters is 1. The van der Waals surface area contributed by atoms with Gasteiger partial charge in [-0.15, -0.1) is 0 Å². The average molecular weight is 428 g/mol. The largest absolute Gasteiger partial charge is 0.465 e. The summed E-state index contributed by atoms with van der Waals surface area (Å²) in [5.74, 6) is 0.470. The van der Waals surface area contributed by atoms with Crippen molar-refractivity contribution in [3.05, 3.63) is 0 Å². The average Bonchev–Trinajstić information content (AvgIpc) is 2.75. The van der Waals surface area contributed by atoms with E-state index >= 15 is 0 Å². The molecule has 0 saturated heterocycles. The minimum absolute atomic E-state index is 0.0651. The Balaban J connectivity index is 3.97. The number of unbranched alkanes of at least 4 members (excludes halogenated alkanes) is 12. The molecule has 0 rings (SSSR count). The maximum absolute atomic E-state index is 12.0. The Hall–Kier alpha value is -0.610. The Labute approximate surface area is 187 Å². The van der Waals surface area contributed by atoms with E-state index in [2.05, 4.69) is 19.2 Å². The summed E-state index contributed by atoms with van der Waals surface area (Å²) >= 11 is 0. The summed E-state index contributed by atoms with van der Waals surface area (Å²) in [6.07, 6.45) is 22.4. The molecule has 2 N–H and O–H groups in total. The second kappa shape index (κ2) is 24.7. The normalized spacial score (nSPS) is 12.2. The fraction of sp³-hybridized carbons (Fsp3) is 0.962. The zero-order valence-electron chi connectivity index (χ0n) is 20.4. The molecular weight excluding hydrogens is 374 g/mol. The smallest absolute Gasteiger partial charge is 0.305 e.